The third kappa shape index (κ3) is 7.96. The van der Waals surface area contributed by atoms with E-state index in [0.717, 1.165) is 19.7 Å². The fraction of sp³-hybridized carbons (Fsp3) is 0.500. The number of carbonyl (C=O) groups is 1. The smallest absolute Gasteiger partial charge is 0.245 e. The molecule has 0 bridgehead atoms. The van der Waals surface area contributed by atoms with Crippen LogP contribution in [0.4, 0.5) is 4.39 Å². The molecule has 0 saturated carbocycles. The lowest BCUT2D eigenvalue weighted by molar-refractivity contribution is -0.124. The highest BCUT2D eigenvalue weighted by atomic mass is 35.5. The maximum Gasteiger partial charge on any atom is 0.245 e. The van der Waals surface area contributed by atoms with E-state index in [0.29, 0.717) is 19.1 Å². The van der Waals surface area contributed by atoms with E-state index in [1.54, 1.807) is 12.1 Å². The number of carbonyl (C=O) groups excluding carboxylic acids is 1. The average molecular weight is 319 g/mol. The zero-order chi connectivity index (χ0) is 15.5. The monoisotopic (exact) mass is 318 g/mol. The normalized spacial score (nSPS) is 18.1. The Hall–Kier alpha value is -1.21. The van der Waals surface area contributed by atoms with E-state index < -0.39 is 6.61 Å². The van der Waals surface area contributed by atoms with E-state index in [1.165, 1.54) is 12.1 Å². The average Bonchev–Trinajstić information content (AvgIpc) is 2.77. The van der Waals surface area contributed by atoms with Crippen LogP contribution in [-0.4, -0.2) is 50.5 Å². The van der Waals surface area contributed by atoms with E-state index in [2.05, 4.69) is 10.6 Å². The molecule has 0 radical (unpaired) electrons. The van der Waals surface area contributed by atoms with Gasteiger partial charge in [0.2, 0.25) is 5.91 Å². The molecule has 1 fully saturated rings. The number of aliphatic hydroxyl groups is 1. The Balaban J connectivity index is 0.000000235. The number of benzene rings is 1. The van der Waals surface area contributed by atoms with Crippen LogP contribution in [0.25, 0.3) is 0 Å². The number of rotatable bonds is 3. The second kappa shape index (κ2) is 10.5. The van der Waals surface area contributed by atoms with Gasteiger partial charge in [-0.2, -0.15) is 0 Å². The molecule has 1 aliphatic rings. The van der Waals surface area contributed by atoms with Crippen molar-refractivity contribution in [2.24, 2.45) is 5.92 Å². The van der Waals surface area contributed by atoms with E-state index in [9.17, 15) is 9.18 Å². The van der Waals surface area contributed by atoms with Gasteiger partial charge in [0.25, 0.3) is 0 Å². The lowest BCUT2D eigenvalue weighted by Gasteiger charge is -2.13. The molecule has 1 aromatic carbocycles. The molecule has 1 heterocycles. The van der Waals surface area contributed by atoms with Crippen LogP contribution < -0.4 is 10.6 Å². The predicted molar refractivity (Wildman–Crippen MR) is 78.7 cm³/mol. The minimum absolute atomic E-state index is 0.174. The number of hydrogen-bond acceptors (Lipinski definition) is 4. The first-order valence-electron chi connectivity index (χ1n) is 6.69. The van der Waals surface area contributed by atoms with Crippen LogP contribution in [0.15, 0.2) is 24.3 Å². The van der Waals surface area contributed by atoms with Crippen molar-refractivity contribution >= 4 is 17.5 Å². The Morgan fingerprint density at radius 2 is 2.29 bits per heavy atom. The molecule has 2 rings (SSSR count). The number of amides is 1. The fourth-order valence-electron chi connectivity index (χ4n) is 1.64. The topological polar surface area (TPSA) is 70.6 Å². The molecule has 1 aliphatic heterocycles. The van der Waals surface area contributed by atoms with Crippen LogP contribution in [0.1, 0.15) is 0 Å². The Morgan fingerprint density at radius 1 is 1.52 bits per heavy atom. The van der Waals surface area contributed by atoms with Crippen LogP contribution in [0.5, 0.6) is 0 Å². The Labute approximate surface area is 128 Å². The number of hydrogen-bond donors (Lipinski definition) is 3. The van der Waals surface area contributed by atoms with Gasteiger partial charge < -0.3 is 20.5 Å². The Bertz CT molecular complexity index is 405. The molecule has 0 aliphatic carbocycles. The first kappa shape index (κ1) is 17.8. The maximum atomic E-state index is 12.2. The highest BCUT2D eigenvalue weighted by Gasteiger charge is 2.12. The molecule has 3 N–H and O–H groups in total. The second-order valence-electron chi connectivity index (χ2n) is 4.52. The lowest BCUT2D eigenvalue weighted by atomic mass is 10.1. The van der Waals surface area contributed by atoms with Crippen molar-refractivity contribution < 1.29 is 19.0 Å². The summed E-state index contributed by atoms with van der Waals surface area (Å²) < 4.78 is 17.5. The van der Waals surface area contributed by atoms with Gasteiger partial charge in [-0.15, -0.1) is 0 Å². The van der Waals surface area contributed by atoms with Gasteiger partial charge in [0.1, 0.15) is 12.4 Å². The zero-order valence-electron chi connectivity index (χ0n) is 11.6. The number of ether oxygens (including phenoxy) is 1. The summed E-state index contributed by atoms with van der Waals surface area (Å²) in [6, 6.07) is 6.12. The lowest BCUT2D eigenvalue weighted by Crippen LogP contribution is -2.36. The van der Waals surface area contributed by atoms with Crippen molar-refractivity contribution in [1.82, 2.24) is 10.6 Å². The first-order valence-corrected chi connectivity index (χ1v) is 7.07. The summed E-state index contributed by atoms with van der Waals surface area (Å²) in [6.07, 6.45) is 0. The zero-order valence-corrected chi connectivity index (χ0v) is 12.4. The Kier molecular flexibility index (Phi) is 8.93. The van der Waals surface area contributed by atoms with E-state index in [1.807, 2.05) is 0 Å². The van der Waals surface area contributed by atoms with Crippen molar-refractivity contribution in [3.8, 4) is 0 Å². The molecular formula is C14H20ClFN2O3. The Morgan fingerprint density at radius 3 is 2.90 bits per heavy atom. The third-order valence-electron chi connectivity index (χ3n) is 2.77. The summed E-state index contributed by atoms with van der Waals surface area (Å²) in [5.41, 5.74) is 0. The fourth-order valence-corrected chi connectivity index (χ4v) is 1.78. The van der Waals surface area contributed by atoms with E-state index in [4.69, 9.17) is 21.4 Å². The van der Waals surface area contributed by atoms with E-state index in [-0.39, 0.29) is 16.7 Å². The summed E-state index contributed by atoms with van der Waals surface area (Å²) >= 11 is 5.33. The van der Waals surface area contributed by atoms with Gasteiger partial charge >= 0.3 is 0 Å². The minimum atomic E-state index is -0.443. The molecule has 0 aromatic heterocycles. The van der Waals surface area contributed by atoms with Gasteiger partial charge in [0.15, 0.2) is 0 Å². The number of halogens is 2. The molecule has 1 saturated heterocycles. The van der Waals surface area contributed by atoms with E-state index >= 15 is 0 Å². The summed E-state index contributed by atoms with van der Waals surface area (Å²) in [4.78, 5) is 10.7. The third-order valence-corrected chi connectivity index (χ3v) is 3.07. The van der Waals surface area contributed by atoms with Crippen LogP contribution in [0.3, 0.4) is 0 Å². The minimum Gasteiger partial charge on any atom is -0.387 e. The van der Waals surface area contributed by atoms with Gasteiger partial charge in [-0.05, 0) is 12.1 Å². The van der Waals surface area contributed by atoms with Crippen LogP contribution >= 0.6 is 11.6 Å². The quantitative estimate of drug-likeness (QED) is 0.771. The molecule has 1 amide bonds. The standard InChI is InChI=1S/C8H16N2O3.C6H4ClF/c11-5-8(12)10-4-7-3-9-1-2-13-6-7;7-5-3-1-2-4-6(5)8/h7,9,11H,1-6H2,(H,10,12);1-4H. The van der Waals surface area contributed by atoms with Gasteiger partial charge in [-0.1, -0.05) is 23.7 Å². The molecule has 1 aromatic rings. The van der Waals surface area contributed by atoms with Crippen molar-refractivity contribution in [2.45, 2.75) is 0 Å². The largest absolute Gasteiger partial charge is 0.387 e. The summed E-state index contributed by atoms with van der Waals surface area (Å²) in [5.74, 6) is -0.392. The number of nitrogens with one attached hydrogen (secondary N) is 2. The first-order chi connectivity index (χ1) is 10.1. The number of aliphatic hydroxyl groups excluding tert-OH is 1. The summed E-state index contributed by atoms with van der Waals surface area (Å²) in [6.45, 7) is 3.23. The van der Waals surface area contributed by atoms with Crippen LogP contribution in [0, 0.1) is 11.7 Å². The second-order valence-corrected chi connectivity index (χ2v) is 4.93. The van der Waals surface area contributed by atoms with Crippen molar-refractivity contribution in [1.29, 1.82) is 0 Å². The molecule has 0 spiro atoms. The van der Waals surface area contributed by atoms with Crippen molar-refractivity contribution in [2.75, 3.05) is 39.5 Å². The van der Waals surface area contributed by atoms with Crippen molar-refractivity contribution in [3.63, 3.8) is 0 Å². The van der Waals surface area contributed by atoms with Gasteiger partial charge in [0, 0.05) is 25.6 Å². The van der Waals surface area contributed by atoms with Crippen LogP contribution in [0.2, 0.25) is 5.02 Å². The van der Waals surface area contributed by atoms with Crippen molar-refractivity contribution in [3.05, 3.63) is 35.1 Å². The molecule has 5 nitrogen and oxygen atoms in total. The van der Waals surface area contributed by atoms with Gasteiger partial charge in [-0.3, -0.25) is 4.79 Å². The molecule has 21 heavy (non-hydrogen) atoms. The maximum absolute atomic E-state index is 12.2. The SMILES string of the molecule is Fc1ccccc1Cl.O=C(CO)NCC1CNCCOC1. The molecular weight excluding hydrogens is 299 g/mol. The highest BCUT2D eigenvalue weighted by Crippen LogP contribution is 2.11. The summed E-state index contributed by atoms with van der Waals surface area (Å²) in [5, 5.41) is 14.5. The van der Waals surface area contributed by atoms with Gasteiger partial charge in [0.05, 0.1) is 18.2 Å². The van der Waals surface area contributed by atoms with Crippen LogP contribution in [-0.2, 0) is 9.53 Å². The highest BCUT2D eigenvalue weighted by molar-refractivity contribution is 6.30. The molecule has 1 atom stereocenters. The molecule has 1 unspecified atom stereocenters. The predicted octanol–water partition coefficient (Wildman–Crippen LogP) is 0.810. The molecule has 118 valence electrons. The van der Waals surface area contributed by atoms with Gasteiger partial charge in [-0.25, -0.2) is 4.39 Å². The summed E-state index contributed by atoms with van der Waals surface area (Å²) in [7, 11) is 0. The molecule has 7 heteroatoms.